The SMILES string of the molecule is CC(C)(C)ONS(=O)(=O)c1ccccc1Cl. The van der Waals surface area contributed by atoms with Crippen LogP contribution in [0.25, 0.3) is 0 Å². The molecule has 1 aromatic carbocycles. The topological polar surface area (TPSA) is 55.4 Å². The average molecular weight is 264 g/mol. The van der Waals surface area contributed by atoms with Gasteiger partial charge in [0.25, 0.3) is 10.0 Å². The molecule has 0 radical (unpaired) electrons. The van der Waals surface area contributed by atoms with Crippen LogP contribution in [0.5, 0.6) is 0 Å². The first-order valence-electron chi connectivity index (χ1n) is 4.67. The predicted molar refractivity (Wildman–Crippen MR) is 62.6 cm³/mol. The number of halogens is 1. The van der Waals surface area contributed by atoms with Gasteiger partial charge in [0.05, 0.1) is 10.6 Å². The van der Waals surface area contributed by atoms with E-state index >= 15 is 0 Å². The van der Waals surface area contributed by atoms with Crippen molar-refractivity contribution >= 4 is 21.6 Å². The molecule has 1 N–H and O–H groups in total. The summed E-state index contributed by atoms with van der Waals surface area (Å²) in [6.45, 7) is 5.21. The molecule has 0 unspecified atom stereocenters. The van der Waals surface area contributed by atoms with Crippen molar-refractivity contribution in [2.75, 3.05) is 0 Å². The summed E-state index contributed by atoms with van der Waals surface area (Å²) in [6, 6.07) is 6.17. The highest BCUT2D eigenvalue weighted by Gasteiger charge is 2.21. The van der Waals surface area contributed by atoms with Gasteiger partial charge < -0.3 is 0 Å². The normalized spacial score (nSPS) is 12.8. The van der Waals surface area contributed by atoms with Gasteiger partial charge in [0, 0.05) is 0 Å². The summed E-state index contributed by atoms with van der Waals surface area (Å²) in [5.74, 6) is 0. The lowest BCUT2D eigenvalue weighted by Crippen LogP contribution is -2.33. The fraction of sp³-hybridized carbons (Fsp3) is 0.400. The number of hydrogen-bond donors (Lipinski definition) is 1. The van der Waals surface area contributed by atoms with E-state index in [1.807, 2.05) is 4.89 Å². The van der Waals surface area contributed by atoms with Gasteiger partial charge in [-0.1, -0.05) is 28.6 Å². The van der Waals surface area contributed by atoms with Crippen molar-refractivity contribution in [1.29, 1.82) is 0 Å². The molecule has 0 atom stereocenters. The van der Waals surface area contributed by atoms with Gasteiger partial charge in [0.2, 0.25) is 0 Å². The van der Waals surface area contributed by atoms with Crippen LogP contribution in [0.4, 0.5) is 0 Å². The third kappa shape index (κ3) is 3.75. The van der Waals surface area contributed by atoms with E-state index in [1.54, 1.807) is 32.9 Å². The monoisotopic (exact) mass is 263 g/mol. The summed E-state index contributed by atoms with van der Waals surface area (Å²) < 4.78 is 23.6. The lowest BCUT2D eigenvalue weighted by Gasteiger charge is -2.19. The molecule has 0 aliphatic rings. The fourth-order valence-electron chi connectivity index (χ4n) is 0.887. The van der Waals surface area contributed by atoms with Crippen LogP contribution >= 0.6 is 11.6 Å². The predicted octanol–water partition coefficient (Wildman–Crippen LogP) is 2.35. The van der Waals surface area contributed by atoms with Crippen molar-refractivity contribution in [3.05, 3.63) is 29.3 Å². The molecular weight excluding hydrogens is 250 g/mol. The van der Waals surface area contributed by atoms with Gasteiger partial charge in [-0.3, -0.25) is 4.84 Å². The maximum Gasteiger partial charge on any atom is 0.263 e. The van der Waals surface area contributed by atoms with Crippen molar-refractivity contribution in [3.63, 3.8) is 0 Å². The van der Waals surface area contributed by atoms with Crippen molar-refractivity contribution < 1.29 is 13.3 Å². The van der Waals surface area contributed by atoms with Gasteiger partial charge in [-0.05, 0) is 32.9 Å². The third-order valence-corrected chi connectivity index (χ3v) is 3.26. The van der Waals surface area contributed by atoms with Gasteiger partial charge in [-0.25, -0.2) is 8.42 Å². The molecule has 0 heterocycles. The Kier molecular flexibility index (Phi) is 3.96. The molecule has 0 fully saturated rings. The maximum atomic E-state index is 11.8. The third-order valence-electron chi connectivity index (χ3n) is 1.58. The molecule has 0 aliphatic heterocycles. The zero-order chi connectivity index (χ0) is 12.4. The van der Waals surface area contributed by atoms with Crippen LogP contribution in [0.2, 0.25) is 5.02 Å². The van der Waals surface area contributed by atoms with Crippen molar-refractivity contribution in [2.24, 2.45) is 0 Å². The van der Waals surface area contributed by atoms with E-state index in [4.69, 9.17) is 16.4 Å². The number of benzene rings is 1. The Bertz CT molecular complexity index is 465. The Morgan fingerprint density at radius 1 is 1.25 bits per heavy atom. The second-order valence-corrected chi connectivity index (χ2v) is 6.25. The minimum Gasteiger partial charge on any atom is -0.281 e. The minimum atomic E-state index is -3.73. The smallest absolute Gasteiger partial charge is 0.263 e. The van der Waals surface area contributed by atoms with Gasteiger partial charge in [0.1, 0.15) is 4.90 Å². The highest BCUT2D eigenvalue weighted by Crippen LogP contribution is 2.20. The molecule has 1 aromatic rings. The van der Waals surface area contributed by atoms with E-state index in [0.29, 0.717) is 0 Å². The molecule has 0 aliphatic carbocycles. The van der Waals surface area contributed by atoms with Crippen LogP contribution in [-0.2, 0) is 14.9 Å². The number of sulfonamides is 1. The molecular formula is C10H14ClNO3S. The number of nitrogens with one attached hydrogen (secondary N) is 1. The zero-order valence-corrected chi connectivity index (χ0v) is 10.9. The lowest BCUT2D eigenvalue weighted by atomic mass is 10.2. The van der Waals surface area contributed by atoms with E-state index in [1.165, 1.54) is 12.1 Å². The van der Waals surface area contributed by atoms with Crippen LogP contribution in [-0.4, -0.2) is 14.0 Å². The molecule has 0 bridgehead atoms. The minimum absolute atomic E-state index is 0.000849. The first-order valence-corrected chi connectivity index (χ1v) is 6.53. The Hall–Kier alpha value is -0.620. The molecule has 90 valence electrons. The van der Waals surface area contributed by atoms with E-state index in [2.05, 4.69) is 0 Å². The summed E-state index contributed by atoms with van der Waals surface area (Å²) >= 11 is 5.78. The van der Waals surface area contributed by atoms with Crippen LogP contribution in [0, 0.1) is 0 Å². The van der Waals surface area contributed by atoms with Crippen LogP contribution in [0.15, 0.2) is 29.2 Å². The molecule has 4 nitrogen and oxygen atoms in total. The summed E-state index contributed by atoms with van der Waals surface area (Å²) in [6.07, 6.45) is 0. The molecule has 0 aromatic heterocycles. The Morgan fingerprint density at radius 2 is 1.81 bits per heavy atom. The lowest BCUT2D eigenvalue weighted by molar-refractivity contribution is -0.0357. The Labute approximate surface area is 101 Å². The average Bonchev–Trinajstić information content (AvgIpc) is 2.14. The highest BCUT2D eigenvalue weighted by atomic mass is 35.5. The van der Waals surface area contributed by atoms with E-state index < -0.39 is 15.6 Å². The van der Waals surface area contributed by atoms with Crippen LogP contribution < -0.4 is 4.89 Å². The molecule has 0 spiro atoms. The van der Waals surface area contributed by atoms with E-state index in [0.717, 1.165) is 0 Å². The Morgan fingerprint density at radius 3 is 2.31 bits per heavy atom. The van der Waals surface area contributed by atoms with E-state index in [9.17, 15) is 8.42 Å². The van der Waals surface area contributed by atoms with Crippen molar-refractivity contribution in [1.82, 2.24) is 4.89 Å². The summed E-state index contributed by atoms with van der Waals surface area (Å²) in [7, 11) is -3.73. The van der Waals surface area contributed by atoms with Crippen LogP contribution in [0.3, 0.4) is 0 Å². The van der Waals surface area contributed by atoms with Crippen LogP contribution in [0.1, 0.15) is 20.8 Å². The number of hydrogen-bond acceptors (Lipinski definition) is 3. The maximum absolute atomic E-state index is 11.8. The summed E-state index contributed by atoms with van der Waals surface area (Å²) in [5, 5.41) is 0.160. The van der Waals surface area contributed by atoms with Gasteiger partial charge >= 0.3 is 0 Å². The zero-order valence-electron chi connectivity index (χ0n) is 9.32. The first-order chi connectivity index (χ1) is 7.22. The molecule has 1 rings (SSSR count). The van der Waals surface area contributed by atoms with Gasteiger partial charge in [0.15, 0.2) is 0 Å². The second-order valence-electron chi connectivity index (χ2n) is 4.23. The summed E-state index contributed by atoms with van der Waals surface area (Å²) in [5.41, 5.74) is -0.603. The standard InChI is InChI=1S/C10H14ClNO3S/c1-10(2,3)15-12-16(13,14)9-7-5-4-6-8(9)11/h4-7,12H,1-3H3. The molecule has 6 heteroatoms. The largest absolute Gasteiger partial charge is 0.281 e. The van der Waals surface area contributed by atoms with Crippen molar-refractivity contribution in [2.45, 2.75) is 31.3 Å². The quantitative estimate of drug-likeness (QED) is 0.852. The molecule has 0 saturated carbocycles. The highest BCUT2D eigenvalue weighted by molar-refractivity contribution is 7.89. The van der Waals surface area contributed by atoms with Gasteiger partial charge in [-0.15, -0.1) is 0 Å². The second kappa shape index (κ2) is 4.71. The summed E-state index contributed by atoms with van der Waals surface area (Å²) in [4.78, 5) is 7.05. The van der Waals surface area contributed by atoms with E-state index in [-0.39, 0.29) is 9.92 Å². The fourth-order valence-corrected chi connectivity index (χ4v) is 2.36. The van der Waals surface area contributed by atoms with Crippen molar-refractivity contribution in [3.8, 4) is 0 Å². The molecule has 16 heavy (non-hydrogen) atoms. The number of rotatable bonds is 3. The molecule has 0 amide bonds. The first kappa shape index (κ1) is 13.4. The Balaban J connectivity index is 2.92. The van der Waals surface area contributed by atoms with Gasteiger partial charge in [-0.2, -0.15) is 0 Å². The molecule has 0 saturated heterocycles.